The second kappa shape index (κ2) is 6.76. The summed E-state index contributed by atoms with van der Waals surface area (Å²) >= 11 is 1.16. The average Bonchev–Trinajstić information content (AvgIpc) is 2.92. The highest BCUT2D eigenvalue weighted by molar-refractivity contribution is 7.16. The first-order chi connectivity index (χ1) is 11.5. The number of hydrogen-bond donors (Lipinski definition) is 1. The fourth-order valence-corrected chi connectivity index (χ4v) is 3.14. The molecule has 122 valence electrons. The van der Waals surface area contributed by atoms with Gasteiger partial charge in [-0.1, -0.05) is 0 Å². The Bertz CT molecular complexity index is 861. The van der Waals surface area contributed by atoms with E-state index in [-0.39, 0.29) is 18.1 Å². The number of aromatic nitrogens is 1. The number of hydrogen-bond acceptors (Lipinski definition) is 5. The smallest absolute Gasteiger partial charge is 0.187 e. The monoisotopic (exact) mass is 345 g/mol. The number of thiazole rings is 1. The summed E-state index contributed by atoms with van der Waals surface area (Å²) < 4.78 is 26.0. The molecule has 7 heteroatoms. The van der Waals surface area contributed by atoms with Crippen molar-refractivity contribution in [3.63, 3.8) is 0 Å². The maximum absolute atomic E-state index is 13.1. The third-order valence-corrected chi connectivity index (χ3v) is 4.19. The van der Waals surface area contributed by atoms with Crippen LogP contribution in [0, 0.1) is 11.6 Å². The standard InChI is InChI=1S/C17H12F2N2O2S/c18-11-3-1-10(2-4-11)16-14(9-15(22)23)24-17(21-16)20-13-7-5-12(19)6-8-13/h1-8H,9H2,(H,20,21)(H,22,23)/p-1. The van der Waals surface area contributed by atoms with Gasteiger partial charge in [0.1, 0.15) is 11.6 Å². The summed E-state index contributed by atoms with van der Waals surface area (Å²) in [5, 5.41) is 14.4. The van der Waals surface area contributed by atoms with Crippen LogP contribution in [-0.2, 0) is 11.2 Å². The average molecular weight is 345 g/mol. The number of nitrogens with zero attached hydrogens (tertiary/aromatic N) is 1. The molecule has 0 saturated carbocycles. The predicted octanol–water partition coefficient (Wildman–Crippen LogP) is 3.12. The van der Waals surface area contributed by atoms with Crippen molar-refractivity contribution in [2.24, 2.45) is 0 Å². The number of benzene rings is 2. The van der Waals surface area contributed by atoms with Gasteiger partial charge in [0.2, 0.25) is 0 Å². The highest BCUT2D eigenvalue weighted by atomic mass is 32.1. The third-order valence-electron chi connectivity index (χ3n) is 3.22. The van der Waals surface area contributed by atoms with Crippen molar-refractivity contribution in [2.45, 2.75) is 6.42 Å². The largest absolute Gasteiger partial charge is 0.550 e. The molecule has 0 atom stereocenters. The first-order valence-electron chi connectivity index (χ1n) is 6.99. The zero-order chi connectivity index (χ0) is 17.1. The Labute approximate surface area is 140 Å². The zero-order valence-electron chi connectivity index (χ0n) is 12.3. The lowest BCUT2D eigenvalue weighted by Gasteiger charge is -2.03. The van der Waals surface area contributed by atoms with E-state index in [0.29, 0.717) is 27.0 Å². The lowest BCUT2D eigenvalue weighted by molar-refractivity contribution is -0.304. The van der Waals surface area contributed by atoms with Gasteiger partial charge in [0.05, 0.1) is 5.69 Å². The lowest BCUT2D eigenvalue weighted by atomic mass is 10.1. The molecule has 1 aromatic heterocycles. The maximum atomic E-state index is 13.1. The molecule has 24 heavy (non-hydrogen) atoms. The van der Waals surface area contributed by atoms with Gasteiger partial charge in [0.25, 0.3) is 0 Å². The topological polar surface area (TPSA) is 65.0 Å². The van der Waals surface area contributed by atoms with Crippen molar-refractivity contribution in [3.05, 3.63) is 65.0 Å². The summed E-state index contributed by atoms with van der Waals surface area (Å²) in [6, 6.07) is 11.3. The Morgan fingerprint density at radius 2 is 1.62 bits per heavy atom. The van der Waals surface area contributed by atoms with Gasteiger partial charge < -0.3 is 15.2 Å². The Balaban J connectivity index is 1.94. The van der Waals surface area contributed by atoms with Crippen LogP contribution in [0.4, 0.5) is 19.6 Å². The van der Waals surface area contributed by atoms with Gasteiger partial charge in [0.15, 0.2) is 5.13 Å². The first-order valence-corrected chi connectivity index (χ1v) is 7.81. The number of aliphatic carboxylic acids is 1. The summed E-state index contributed by atoms with van der Waals surface area (Å²) in [6.45, 7) is 0. The van der Waals surface area contributed by atoms with Gasteiger partial charge in [-0.2, -0.15) is 0 Å². The number of carbonyl (C=O) groups excluding carboxylic acids is 1. The number of carboxylic acid groups (broad SMARTS) is 1. The van der Waals surface area contributed by atoms with E-state index < -0.39 is 5.97 Å². The van der Waals surface area contributed by atoms with E-state index in [1.165, 1.54) is 36.4 Å². The highest BCUT2D eigenvalue weighted by Gasteiger charge is 2.14. The van der Waals surface area contributed by atoms with Crippen molar-refractivity contribution < 1.29 is 18.7 Å². The molecule has 1 N–H and O–H groups in total. The normalized spacial score (nSPS) is 10.6. The van der Waals surface area contributed by atoms with Crippen LogP contribution < -0.4 is 10.4 Å². The van der Waals surface area contributed by atoms with Gasteiger partial charge in [-0.25, -0.2) is 13.8 Å². The molecular weight excluding hydrogens is 334 g/mol. The van der Waals surface area contributed by atoms with Crippen LogP contribution in [0.1, 0.15) is 4.88 Å². The minimum absolute atomic E-state index is 0.296. The van der Waals surface area contributed by atoms with E-state index in [4.69, 9.17) is 0 Å². The van der Waals surface area contributed by atoms with Crippen LogP contribution in [0.2, 0.25) is 0 Å². The van der Waals surface area contributed by atoms with Gasteiger partial charge >= 0.3 is 0 Å². The van der Waals surface area contributed by atoms with Crippen LogP contribution in [0.5, 0.6) is 0 Å². The summed E-state index contributed by atoms with van der Waals surface area (Å²) in [7, 11) is 0. The minimum atomic E-state index is -1.23. The summed E-state index contributed by atoms with van der Waals surface area (Å²) in [5.74, 6) is -1.97. The van der Waals surface area contributed by atoms with Crippen molar-refractivity contribution in [1.29, 1.82) is 0 Å². The van der Waals surface area contributed by atoms with Crippen LogP contribution in [0.3, 0.4) is 0 Å². The molecule has 0 aliphatic rings. The van der Waals surface area contributed by atoms with Crippen LogP contribution in [0.15, 0.2) is 48.5 Å². The second-order valence-electron chi connectivity index (χ2n) is 4.98. The molecule has 0 spiro atoms. The van der Waals surface area contributed by atoms with Crippen molar-refractivity contribution in [1.82, 2.24) is 4.98 Å². The third kappa shape index (κ3) is 3.75. The molecule has 0 fully saturated rings. The van der Waals surface area contributed by atoms with Crippen LogP contribution >= 0.6 is 11.3 Å². The highest BCUT2D eigenvalue weighted by Crippen LogP contribution is 2.33. The van der Waals surface area contributed by atoms with Gasteiger partial charge in [-0.05, 0) is 48.5 Å². The molecule has 0 radical (unpaired) electrons. The van der Waals surface area contributed by atoms with E-state index in [2.05, 4.69) is 10.3 Å². The molecule has 0 aliphatic heterocycles. The molecule has 0 amide bonds. The van der Waals surface area contributed by atoms with E-state index in [1.807, 2.05) is 0 Å². The van der Waals surface area contributed by atoms with E-state index in [9.17, 15) is 18.7 Å². The SMILES string of the molecule is O=C([O-])Cc1sc(Nc2ccc(F)cc2)nc1-c1ccc(F)cc1. The number of anilines is 2. The maximum Gasteiger partial charge on any atom is 0.187 e. The van der Waals surface area contributed by atoms with E-state index in [0.717, 1.165) is 11.3 Å². The van der Waals surface area contributed by atoms with Gasteiger partial charge in [-0.3, -0.25) is 0 Å². The van der Waals surface area contributed by atoms with Crippen LogP contribution in [0.25, 0.3) is 11.3 Å². The molecule has 0 aliphatic carbocycles. The molecule has 2 aromatic carbocycles. The molecule has 4 nitrogen and oxygen atoms in total. The molecule has 0 saturated heterocycles. The van der Waals surface area contributed by atoms with Crippen molar-refractivity contribution in [3.8, 4) is 11.3 Å². The number of halogens is 2. The zero-order valence-corrected chi connectivity index (χ0v) is 13.1. The first kappa shape index (κ1) is 16.1. The summed E-state index contributed by atoms with van der Waals surface area (Å²) in [4.78, 5) is 15.8. The Morgan fingerprint density at radius 1 is 1.04 bits per heavy atom. The molecule has 1 heterocycles. The molecule has 0 bridgehead atoms. The Hall–Kier alpha value is -2.80. The molecule has 3 aromatic rings. The Morgan fingerprint density at radius 3 is 2.21 bits per heavy atom. The fourth-order valence-electron chi connectivity index (χ4n) is 2.15. The van der Waals surface area contributed by atoms with Gasteiger partial charge in [-0.15, -0.1) is 11.3 Å². The second-order valence-corrected chi connectivity index (χ2v) is 6.06. The molecule has 3 rings (SSSR count). The lowest BCUT2D eigenvalue weighted by Crippen LogP contribution is -2.24. The summed E-state index contributed by atoms with van der Waals surface area (Å²) in [5.41, 5.74) is 1.68. The Kier molecular flexibility index (Phi) is 4.52. The molecular formula is C17H11F2N2O2S-. The minimum Gasteiger partial charge on any atom is -0.550 e. The van der Waals surface area contributed by atoms with Crippen molar-refractivity contribution in [2.75, 3.05) is 5.32 Å². The predicted molar refractivity (Wildman–Crippen MR) is 85.9 cm³/mol. The van der Waals surface area contributed by atoms with Gasteiger partial charge in [0, 0.05) is 28.5 Å². The quantitative estimate of drug-likeness (QED) is 0.772. The number of nitrogens with one attached hydrogen (secondary N) is 1. The van der Waals surface area contributed by atoms with Crippen LogP contribution in [-0.4, -0.2) is 11.0 Å². The molecule has 0 unspecified atom stereocenters. The van der Waals surface area contributed by atoms with Crippen molar-refractivity contribution >= 4 is 28.1 Å². The summed E-state index contributed by atoms with van der Waals surface area (Å²) in [6.07, 6.45) is -0.296. The number of carbonyl (C=O) groups is 1. The number of carboxylic acids is 1. The number of rotatable bonds is 5. The van der Waals surface area contributed by atoms with E-state index >= 15 is 0 Å². The van der Waals surface area contributed by atoms with E-state index in [1.54, 1.807) is 12.1 Å². The fraction of sp³-hybridized carbons (Fsp3) is 0.0588.